The highest BCUT2D eigenvalue weighted by molar-refractivity contribution is 6.17. The summed E-state index contributed by atoms with van der Waals surface area (Å²) in [6, 6.07) is 8.08. The Morgan fingerprint density at radius 1 is 1.44 bits per heavy atom. The van der Waals surface area contributed by atoms with Crippen LogP contribution in [0.15, 0.2) is 30.5 Å². The average Bonchev–Trinajstić information content (AvgIpc) is 3.13. The van der Waals surface area contributed by atoms with Crippen molar-refractivity contribution in [2.75, 3.05) is 12.7 Å². The molecule has 1 aromatic heterocycles. The van der Waals surface area contributed by atoms with Crippen molar-refractivity contribution in [3.05, 3.63) is 36.0 Å². The second-order valence-corrected chi connectivity index (χ2v) is 3.85. The van der Waals surface area contributed by atoms with Crippen LogP contribution < -0.4 is 4.74 Å². The quantitative estimate of drug-likeness (QED) is 0.606. The number of nitrogens with zero attached hydrogens (tertiary/aromatic N) is 1. The third-order valence-corrected chi connectivity index (χ3v) is 2.76. The van der Waals surface area contributed by atoms with Crippen LogP contribution in [0.2, 0.25) is 0 Å². The number of ether oxygens (including phenoxy) is 2. The van der Waals surface area contributed by atoms with Crippen molar-refractivity contribution in [3.63, 3.8) is 0 Å². The molecule has 4 heteroatoms. The Bertz CT molecular complexity index is 525. The molecule has 1 aromatic carbocycles. The van der Waals surface area contributed by atoms with Gasteiger partial charge in [0, 0.05) is 10.9 Å². The maximum absolute atomic E-state index is 5.59. The van der Waals surface area contributed by atoms with Crippen molar-refractivity contribution in [2.24, 2.45) is 0 Å². The fraction of sp³-hybridized carbons (Fsp3) is 0.250. The van der Waals surface area contributed by atoms with E-state index in [1.54, 1.807) is 6.20 Å². The molecule has 1 unspecified atom stereocenters. The smallest absolute Gasteiger partial charge is 0.162 e. The molecule has 1 fully saturated rings. The Hall–Kier alpha value is -1.32. The largest absolute Gasteiger partial charge is 0.476 e. The number of hydrogen-bond acceptors (Lipinski definition) is 3. The molecule has 82 valence electrons. The van der Waals surface area contributed by atoms with Crippen LogP contribution in [0, 0.1) is 0 Å². The summed E-state index contributed by atoms with van der Waals surface area (Å²) in [4.78, 5) is 4.33. The van der Waals surface area contributed by atoms with E-state index in [1.165, 1.54) is 0 Å². The van der Waals surface area contributed by atoms with Gasteiger partial charge in [-0.15, -0.1) is 0 Å². The number of aromatic nitrogens is 1. The van der Waals surface area contributed by atoms with E-state index >= 15 is 0 Å². The number of hydrogen-bond donors (Lipinski definition) is 0. The van der Waals surface area contributed by atoms with Crippen LogP contribution >= 0.6 is 11.6 Å². The number of epoxide rings is 1. The second kappa shape index (κ2) is 3.92. The molecule has 0 aliphatic carbocycles. The molecule has 3 nitrogen and oxygen atoms in total. The SMILES string of the molecule is ClCOc1cnc2ccccc2c1C1CO1. The van der Waals surface area contributed by atoms with Crippen molar-refractivity contribution < 1.29 is 9.47 Å². The molecule has 1 saturated heterocycles. The number of fused-ring (bicyclic) bond motifs is 1. The van der Waals surface area contributed by atoms with Gasteiger partial charge in [-0.25, -0.2) is 0 Å². The molecular weight excluding hydrogens is 226 g/mol. The number of para-hydroxylation sites is 1. The normalized spacial score (nSPS) is 18.7. The molecule has 0 amide bonds. The maximum Gasteiger partial charge on any atom is 0.162 e. The third-order valence-electron chi connectivity index (χ3n) is 2.65. The first-order valence-electron chi connectivity index (χ1n) is 5.08. The lowest BCUT2D eigenvalue weighted by Crippen LogP contribution is -1.97. The van der Waals surface area contributed by atoms with Crippen molar-refractivity contribution in [2.45, 2.75) is 6.10 Å². The first-order chi connectivity index (χ1) is 7.90. The van der Waals surface area contributed by atoms with Crippen molar-refractivity contribution >= 4 is 22.5 Å². The van der Waals surface area contributed by atoms with Crippen LogP contribution in [0.1, 0.15) is 11.7 Å². The molecule has 0 saturated carbocycles. The van der Waals surface area contributed by atoms with Gasteiger partial charge < -0.3 is 9.47 Å². The first kappa shape index (κ1) is 9.87. The Kier molecular flexibility index (Phi) is 2.42. The van der Waals surface area contributed by atoms with Gasteiger partial charge in [-0.2, -0.15) is 0 Å². The highest BCUT2D eigenvalue weighted by atomic mass is 35.5. The van der Waals surface area contributed by atoms with Gasteiger partial charge in [-0.1, -0.05) is 29.8 Å². The van der Waals surface area contributed by atoms with Gasteiger partial charge in [0.1, 0.15) is 11.9 Å². The van der Waals surface area contributed by atoms with Crippen LogP contribution in [0.25, 0.3) is 10.9 Å². The molecule has 0 N–H and O–H groups in total. The van der Waals surface area contributed by atoms with Crippen LogP contribution in [0.5, 0.6) is 5.75 Å². The molecule has 1 aliphatic heterocycles. The van der Waals surface area contributed by atoms with E-state index in [4.69, 9.17) is 21.1 Å². The lowest BCUT2D eigenvalue weighted by Gasteiger charge is -2.09. The maximum atomic E-state index is 5.59. The zero-order valence-electron chi connectivity index (χ0n) is 8.52. The van der Waals surface area contributed by atoms with Crippen molar-refractivity contribution in [1.82, 2.24) is 4.98 Å². The van der Waals surface area contributed by atoms with Crippen molar-refractivity contribution in [3.8, 4) is 5.75 Å². The van der Waals surface area contributed by atoms with E-state index in [9.17, 15) is 0 Å². The van der Waals surface area contributed by atoms with Crippen molar-refractivity contribution in [1.29, 1.82) is 0 Å². The molecular formula is C12H10ClNO2. The summed E-state index contributed by atoms with van der Waals surface area (Å²) in [6.07, 6.45) is 1.84. The monoisotopic (exact) mass is 235 g/mol. The summed E-state index contributed by atoms with van der Waals surface area (Å²) >= 11 is 5.59. The van der Waals surface area contributed by atoms with Gasteiger partial charge in [-0.05, 0) is 6.07 Å². The summed E-state index contributed by atoms with van der Waals surface area (Å²) in [5.74, 6) is 0.719. The zero-order valence-corrected chi connectivity index (χ0v) is 9.28. The number of rotatable bonds is 3. The van der Waals surface area contributed by atoms with Crippen LogP contribution in [-0.2, 0) is 4.74 Å². The zero-order chi connectivity index (χ0) is 11.0. The molecule has 0 bridgehead atoms. The van der Waals surface area contributed by atoms with Gasteiger partial charge in [0.2, 0.25) is 0 Å². The van der Waals surface area contributed by atoms with E-state index in [0.717, 1.165) is 28.8 Å². The molecule has 0 radical (unpaired) electrons. The minimum Gasteiger partial charge on any atom is -0.476 e. The minimum absolute atomic E-state index is 0.125. The van der Waals surface area contributed by atoms with E-state index in [-0.39, 0.29) is 12.2 Å². The predicted octanol–water partition coefficient (Wildman–Crippen LogP) is 2.88. The number of pyridine rings is 1. The standard InChI is InChI=1S/C12H10ClNO2/c13-7-16-10-5-14-9-4-2-1-3-8(9)12(10)11-6-15-11/h1-5,11H,6-7H2. The molecule has 2 heterocycles. The van der Waals surface area contributed by atoms with E-state index in [2.05, 4.69) is 4.98 Å². The van der Waals surface area contributed by atoms with Crippen LogP contribution in [0.4, 0.5) is 0 Å². The Morgan fingerprint density at radius 2 is 2.25 bits per heavy atom. The number of alkyl halides is 1. The van der Waals surface area contributed by atoms with E-state index in [1.807, 2.05) is 24.3 Å². The van der Waals surface area contributed by atoms with Crippen LogP contribution in [0.3, 0.4) is 0 Å². The molecule has 1 atom stereocenters. The van der Waals surface area contributed by atoms with Gasteiger partial charge in [-0.3, -0.25) is 4.98 Å². The molecule has 3 rings (SSSR count). The average molecular weight is 236 g/mol. The summed E-state index contributed by atoms with van der Waals surface area (Å²) in [6.45, 7) is 0.743. The summed E-state index contributed by atoms with van der Waals surface area (Å²) < 4.78 is 10.7. The lowest BCUT2D eigenvalue weighted by atomic mass is 10.1. The van der Waals surface area contributed by atoms with Gasteiger partial charge in [0.25, 0.3) is 0 Å². The summed E-state index contributed by atoms with van der Waals surface area (Å²) in [7, 11) is 0. The molecule has 0 spiro atoms. The summed E-state index contributed by atoms with van der Waals surface area (Å²) in [5, 5.41) is 1.08. The second-order valence-electron chi connectivity index (χ2n) is 3.63. The van der Waals surface area contributed by atoms with E-state index in [0.29, 0.717) is 0 Å². The number of halogens is 1. The molecule has 1 aliphatic rings. The summed E-state index contributed by atoms with van der Waals surface area (Å²) in [5.41, 5.74) is 2.01. The van der Waals surface area contributed by atoms with E-state index < -0.39 is 0 Å². The number of benzene rings is 1. The Morgan fingerprint density at radius 3 is 3.00 bits per heavy atom. The van der Waals surface area contributed by atoms with Gasteiger partial charge in [0.05, 0.1) is 18.3 Å². The minimum atomic E-state index is 0.125. The highest BCUT2D eigenvalue weighted by Crippen LogP contribution is 2.40. The fourth-order valence-corrected chi connectivity index (χ4v) is 1.98. The van der Waals surface area contributed by atoms with Gasteiger partial charge in [0.15, 0.2) is 6.07 Å². The highest BCUT2D eigenvalue weighted by Gasteiger charge is 2.30. The lowest BCUT2D eigenvalue weighted by molar-refractivity contribution is 0.367. The van der Waals surface area contributed by atoms with Crippen LogP contribution in [-0.4, -0.2) is 17.7 Å². The van der Waals surface area contributed by atoms with Gasteiger partial charge >= 0.3 is 0 Å². The third kappa shape index (κ3) is 1.62. The topological polar surface area (TPSA) is 34.6 Å². The predicted molar refractivity (Wildman–Crippen MR) is 61.8 cm³/mol. The Labute approximate surface area is 98.0 Å². The molecule has 2 aromatic rings. The molecule has 16 heavy (non-hydrogen) atoms. The first-order valence-corrected chi connectivity index (χ1v) is 5.61. The Balaban J connectivity index is 2.22. The fourth-order valence-electron chi connectivity index (χ4n) is 1.87.